The minimum atomic E-state index is -0.782. The topological polar surface area (TPSA) is 70.6 Å². The molecule has 120 valence electrons. The molecule has 3 aliphatic rings. The molecule has 3 atom stereocenters. The van der Waals surface area contributed by atoms with Crippen LogP contribution in [0.25, 0.3) is 0 Å². The predicted molar refractivity (Wildman–Crippen MR) is 79.9 cm³/mol. The van der Waals surface area contributed by atoms with Gasteiger partial charge in [-0.15, -0.1) is 0 Å². The number of hydrogen-bond acceptors (Lipinski definition) is 4. The van der Waals surface area contributed by atoms with E-state index in [0.29, 0.717) is 38.6 Å². The molecule has 2 saturated heterocycles. The van der Waals surface area contributed by atoms with E-state index in [4.69, 9.17) is 4.74 Å². The summed E-state index contributed by atoms with van der Waals surface area (Å²) in [5, 5.41) is 16.9. The Morgan fingerprint density at radius 3 is 2.76 bits per heavy atom. The van der Waals surface area contributed by atoms with Crippen molar-refractivity contribution in [2.24, 2.45) is 5.92 Å². The molecule has 2 aliphatic heterocycles. The van der Waals surface area contributed by atoms with Crippen LogP contribution < -0.4 is 10.6 Å². The third-order valence-corrected chi connectivity index (χ3v) is 5.48. The molecule has 0 bridgehead atoms. The first-order valence-corrected chi connectivity index (χ1v) is 8.50. The molecule has 0 aromatic carbocycles. The SMILES string of the molecule is O=C(NCC1(O)CCOCC1)C1CCC2CCCCC2N1. The van der Waals surface area contributed by atoms with Crippen LogP contribution in [0.5, 0.6) is 0 Å². The van der Waals surface area contributed by atoms with Gasteiger partial charge in [0, 0.05) is 38.6 Å². The Hall–Kier alpha value is -0.650. The highest BCUT2D eigenvalue weighted by Gasteiger charge is 2.36. The summed E-state index contributed by atoms with van der Waals surface area (Å²) in [7, 11) is 0. The van der Waals surface area contributed by atoms with Crippen molar-refractivity contribution in [3.8, 4) is 0 Å². The molecule has 3 unspecified atom stereocenters. The highest BCUT2D eigenvalue weighted by Crippen LogP contribution is 2.32. The van der Waals surface area contributed by atoms with Crippen molar-refractivity contribution in [2.45, 2.75) is 69.1 Å². The first-order valence-electron chi connectivity index (χ1n) is 8.50. The van der Waals surface area contributed by atoms with E-state index in [-0.39, 0.29) is 11.9 Å². The lowest BCUT2D eigenvalue weighted by atomic mass is 9.77. The Bertz CT molecular complexity index is 369. The second-order valence-electron chi connectivity index (χ2n) is 7.00. The molecule has 5 nitrogen and oxygen atoms in total. The molecule has 0 radical (unpaired) electrons. The van der Waals surface area contributed by atoms with Crippen molar-refractivity contribution >= 4 is 5.91 Å². The summed E-state index contributed by atoms with van der Waals surface area (Å²) in [5.41, 5.74) is -0.782. The number of aliphatic hydroxyl groups is 1. The maximum atomic E-state index is 12.3. The molecule has 1 saturated carbocycles. The molecule has 0 spiro atoms. The van der Waals surface area contributed by atoms with Gasteiger partial charge in [0.25, 0.3) is 0 Å². The van der Waals surface area contributed by atoms with Crippen molar-refractivity contribution in [3.63, 3.8) is 0 Å². The number of carbonyl (C=O) groups excluding carboxylic acids is 1. The summed E-state index contributed by atoms with van der Waals surface area (Å²) in [5.74, 6) is 0.821. The molecule has 3 rings (SSSR count). The summed E-state index contributed by atoms with van der Waals surface area (Å²) < 4.78 is 5.26. The molecular weight excluding hydrogens is 268 g/mol. The first-order chi connectivity index (χ1) is 10.2. The van der Waals surface area contributed by atoms with E-state index in [1.165, 1.54) is 25.7 Å². The number of amides is 1. The zero-order valence-corrected chi connectivity index (χ0v) is 12.8. The molecule has 5 heteroatoms. The van der Waals surface area contributed by atoms with Crippen molar-refractivity contribution in [2.75, 3.05) is 19.8 Å². The van der Waals surface area contributed by atoms with E-state index < -0.39 is 5.60 Å². The number of fused-ring (bicyclic) bond motifs is 1. The zero-order valence-electron chi connectivity index (χ0n) is 12.8. The van der Waals surface area contributed by atoms with Gasteiger partial charge in [-0.2, -0.15) is 0 Å². The molecule has 0 aromatic rings. The number of carbonyl (C=O) groups is 1. The lowest BCUT2D eigenvalue weighted by Gasteiger charge is -2.40. The summed E-state index contributed by atoms with van der Waals surface area (Å²) in [6, 6.07) is 0.446. The molecule has 3 fully saturated rings. The average molecular weight is 296 g/mol. The number of nitrogens with one attached hydrogen (secondary N) is 2. The van der Waals surface area contributed by atoms with E-state index in [1.807, 2.05) is 0 Å². The molecule has 1 amide bonds. The summed E-state index contributed by atoms with van der Waals surface area (Å²) >= 11 is 0. The minimum Gasteiger partial charge on any atom is -0.388 e. The molecule has 0 aromatic heterocycles. The van der Waals surface area contributed by atoms with Crippen LogP contribution in [0.2, 0.25) is 0 Å². The third-order valence-electron chi connectivity index (χ3n) is 5.48. The number of piperidine rings is 1. The van der Waals surface area contributed by atoms with Crippen molar-refractivity contribution in [1.82, 2.24) is 10.6 Å². The van der Waals surface area contributed by atoms with E-state index >= 15 is 0 Å². The largest absolute Gasteiger partial charge is 0.388 e. The van der Waals surface area contributed by atoms with Crippen LogP contribution in [0.3, 0.4) is 0 Å². The van der Waals surface area contributed by atoms with Crippen molar-refractivity contribution in [1.29, 1.82) is 0 Å². The summed E-state index contributed by atoms with van der Waals surface area (Å²) in [6.07, 6.45) is 8.44. The van der Waals surface area contributed by atoms with Crippen molar-refractivity contribution < 1.29 is 14.6 Å². The van der Waals surface area contributed by atoms with Crippen molar-refractivity contribution in [3.05, 3.63) is 0 Å². The standard InChI is InChI=1S/C16H28N2O3/c19-15(17-11-16(20)7-9-21-10-8-16)14-6-5-12-3-1-2-4-13(12)18-14/h12-14,18,20H,1-11H2,(H,17,19). The summed E-state index contributed by atoms with van der Waals surface area (Å²) in [6.45, 7) is 1.51. The second kappa shape index (κ2) is 6.63. The van der Waals surface area contributed by atoms with Gasteiger partial charge in [0.05, 0.1) is 11.6 Å². The van der Waals surface area contributed by atoms with Crippen LogP contribution in [0.15, 0.2) is 0 Å². The Morgan fingerprint density at radius 1 is 1.19 bits per heavy atom. The fourth-order valence-corrected chi connectivity index (χ4v) is 4.00. The fourth-order valence-electron chi connectivity index (χ4n) is 4.00. The Balaban J connectivity index is 1.47. The van der Waals surface area contributed by atoms with Gasteiger partial charge in [0.15, 0.2) is 0 Å². The van der Waals surface area contributed by atoms with Crippen LogP contribution in [-0.2, 0) is 9.53 Å². The van der Waals surface area contributed by atoms with Gasteiger partial charge in [-0.3, -0.25) is 4.79 Å². The highest BCUT2D eigenvalue weighted by atomic mass is 16.5. The maximum absolute atomic E-state index is 12.3. The second-order valence-corrected chi connectivity index (χ2v) is 7.00. The van der Waals surface area contributed by atoms with Gasteiger partial charge < -0.3 is 20.5 Å². The lowest BCUT2D eigenvalue weighted by Crippen LogP contribution is -2.57. The third kappa shape index (κ3) is 3.76. The Morgan fingerprint density at radius 2 is 1.95 bits per heavy atom. The highest BCUT2D eigenvalue weighted by molar-refractivity contribution is 5.82. The number of hydrogen-bond donors (Lipinski definition) is 3. The van der Waals surface area contributed by atoms with Gasteiger partial charge in [0.1, 0.15) is 0 Å². The van der Waals surface area contributed by atoms with Crippen LogP contribution in [0.1, 0.15) is 51.4 Å². The molecular formula is C16H28N2O3. The van der Waals surface area contributed by atoms with E-state index in [2.05, 4.69) is 10.6 Å². The van der Waals surface area contributed by atoms with Gasteiger partial charge in [-0.25, -0.2) is 0 Å². The number of ether oxygens (including phenoxy) is 1. The van der Waals surface area contributed by atoms with Crippen LogP contribution >= 0.6 is 0 Å². The van der Waals surface area contributed by atoms with Gasteiger partial charge in [-0.1, -0.05) is 12.8 Å². The smallest absolute Gasteiger partial charge is 0.237 e. The quantitative estimate of drug-likeness (QED) is 0.725. The van der Waals surface area contributed by atoms with Crippen LogP contribution in [0, 0.1) is 5.92 Å². The van der Waals surface area contributed by atoms with E-state index in [1.54, 1.807) is 0 Å². The zero-order chi connectivity index (χ0) is 14.7. The Labute approximate surface area is 126 Å². The fraction of sp³-hybridized carbons (Fsp3) is 0.938. The molecule has 21 heavy (non-hydrogen) atoms. The number of rotatable bonds is 3. The monoisotopic (exact) mass is 296 g/mol. The van der Waals surface area contributed by atoms with Crippen LogP contribution in [0.4, 0.5) is 0 Å². The predicted octanol–water partition coefficient (Wildman–Crippen LogP) is 0.955. The van der Waals surface area contributed by atoms with E-state index in [0.717, 1.165) is 18.8 Å². The lowest BCUT2D eigenvalue weighted by molar-refractivity contribution is -0.127. The Kier molecular flexibility index (Phi) is 4.82. The maximum Gasteiger partial charge on any atom is 0.237 e. The first kappa shape index (κ1) is 15.3. The molecule has 1 aliphatic carbocycles. The summed E-state index contributed by atoms with van der Waals surface area (Å²) in [4.78, 5) is 12.3. The van der Waals surface area contributed by atoms with Crippen LogP contribution in [-0.4, -0.2) is 48.5 Å². The molecule has 2 heterocycles. The van der Waals surface area contributed by atoms with Gasteiger partial charge in [-0.05, 0) is 31.6 Å². The van der Waals surface area contributed by atoms with E-state index in [9.17, 15) is 9.90 Å². The minimum absolute atomic E-state index is 0.0546. The molecule has 3 N–H and O–H groups in total. The average Bonchev–Trinajstić information content (AvgIpc) is 2.53. The van der Waals surface area contributed by atoms with Gasteiger partial charge >= 0.3 is 0 Å². The van der Waals surface area contributed by atoms with Gasteiger partial charge in [0.2, 0.25) is 5.91 Å². The normalized spacial score (nSPS) is 35.8.